The number of hydrogen-bond donors (Lipinski definition) is 2. The topological polar surface area (TPSA) is 50.7 Å². The zero-order valence-electron chi connectivity index (χ0n) is 11.8. The van der Waals surface area contributed by atoms with Gasteiger partial charge in [0, 0.05) is 18.2 Å². The van der Waals surface area contributed by atoms with Crippen molar-refractivity contribution in [2.75, 3.05) is 19.8 Å². The summed E-state index contributed by atoms with van der Waals surface area (Å²) in [6, 6.07) is 0.643. The fourth-order valence-electron chi connectivity index (χ4n) is 3.45. The molecule has 110 valence electrons. The standard InChI is InChI=1S/C15H27NO3/c17-11-15(16-12-5-6-12)7-1-3-13(9-15)19-10-14-4-2-8-18-14/h12-14,16-17H,1-11H2. The van der Waals surface area contributed by atoms with Gasteiger partial charge in [0.05, 0.1) is 25.4 Å². The summed E-state index contributed by atoms with van der Waals surface area (Å²) in [6.45, 7) is 1.86. The maximum Gasteiger partial charge on any atom is 0.0809 e. The van der Waals surface area contributed by atoms with Crippen molar-refractivity contribution in [2.45, 2.75) is 75.2 Å². The van der Waals surface area contributed by atoms with E-state index < -0.39 is 0 Å². The number of aliphatic hydroxyl groups is 1. The smallest absolute Gasteiger partial charge is 0.0809 e. The van der Waals surface area contributed by atoms with Gasteiger partial charge >= 0.3 is 0 Å². The Bertz CT molecular complexity index is 289. The van der Waals surface area contributed by atoms with Crippen LogP contribution in [0, 0.1) is 0 Å². The first-order valence-electron chi connectivity index (χ1n) is 7.91. The quantitative estimate of drug-likeness (QED) is 0.769. The second kappa shape index (κ2) is 6.08. The van der Waals surface area contributed by atoms with Crippen LogP contribution in [0.2, 0.25) is 0 Å². The molecule has 0 aromatic rings. The lowest BCUT2D eigenvalue weighted by Crippen LogP contribution is -2.54. The summed E-state index contributed by atoms with van der Waals surface area (Å²) in [5.74, 6) is 0. The van der Waals surface area contributed by atoms with Crippen molar-refractivity contribution < 1.29 is 14.6 Å². The molecule has 3 rings (SSSR count). The Labute approximate surface area is 115 Å². The largest absolute Gasteiger partial charge is 0.394 e. The summed E-state index contributed by atoms with van der Waals surface area (Å²) in [4.78, 5) is 0. The van der Waals surface area contributed by atoms with Gasteiger partial charge in [0.25, 0.3) is 0 Å². The van der Waals surface area contributed by atoms with E-state index in [1.807, 2.05) is 0 Å². The highest BCUT2D eigenvalue weighted by molar-refractivity contribution is 4.99. The van der Waals surface area contributed by atoms with Crippen LogP contribution in [-0.4, -0.2) is 48.7 Å². The molecule has 0 aromatic heterocycles. The number of ether oxygens (including phenoxy) is 2. The molecule has 2 aliphatic carbocycles. The molecule has 1 saturated heterocycles. The van der Waals surface area contributed by atoms with E-state index in [4.69, 9.17) is 9.47 Å². The summed E-state index contributed by atoms with van der Waals surface area (Å²) in [7, 11) is 0. The molecule has 0 spiro atoms. The van der Waals surface area contributed by atoms with Crippen LogP contribution >= 0.6 is 0 Å². The number of hydrogen-bond acceptors (Lipinski definition) is 4. The molecule has 19 heavy (non-hydrogen) atoms. The molecule has 0 bridgehead atoms. The number of nitrogens with one attached hydrogen (secondary N) is 1. The van der Waals surface area contributed by atoms with Crippen molar-refractivity contribution in [1.82, 2.24) is 5.32 Å². The zero-order chi connectivity index (χ0) is 13.1. The Morgan fingerprint density at radius 1 is 1.21 bits per heavy atom. The highest BCUT2D eigenvalue weighted by Gasteiger charge is 2.40. The first-order valence-corrected chi connectivity index (χ1v) is 7.91. The van der Waals surface area contributed by atoms with Gasteiger partial charge in [-0.1, -0.05) is 0 Å². The van der Waals surface area contributed by atoms with Crippen molar-refractivity contribution in [2.24, 2.45) is 0 Å². The van der Waals surface area contributed by atoms with E-state index in [1.54, 1.807) is 0 Å². The second-order valence-corrected chi connectivity index (χ2v) is 6.54. The van der Waals surface area contributed by atoms with Gasteiger partial charge in [-0.05, 0) is 51.4 Å². The van der Waals surface area contributed by atoms with Gasteiger partial charge in [-0.15, -0.1) is 0 Å². The second-order valence-electron chi connectivity index (χ2n) is 6.54. The Balaban J connectivity index is 1.48. The van der Waals surface area contributed by atoms with Crippen LogP contribution in [0.5, 0.6) is 0 Å². The van der Waals surface area contributed by atoms with E-state index in [0.29, 0.717) is 12.1 Å². The van der Waals surface area contributed by atoms with Crippen molar-refractivity contribution in [3.63, 3.8) is 0 Å². The third-order valence-electron chi connectivity index (χ3n) is 4.73. The molecule has 1 aliphatic heterocycles. The van der Waals surface area contributed by atoms with Crippen LogP contribution in [-0.2, 0) is 9.47 Å². The van der Waals surface area contributed by atoms with Crippen LogP contribution in [0.15, 0.2) is 0 Å². The first-order chi connectivity index (χ1) is 9.30. The monoisotopic (exact) mass is 269 g/mol. The fourth-order valence-corrected chi connectivity index (χ4v) is 3.45. The van der Waals surface area contributed by atoms with Crippen molar-refractivity contribution in [1.29, 1.82) is 0 Å². The highest BCUT2D eigenvalue weighted by Crippen LogP contribution is 2.34. The Morgan fingerprint density at radius 3 is 2.79 bits per heavy atom. The van der Waals surface area contributed by atoms with Gasteiger partial charge < -0.3 is 19.9 Å². The van der Waals surface area contributed by atoms with E-state index in [0.717, 1.165) is 45.3 Å². The van der Waals surface area contributed by atoms with E-state index in [9.17, 15) is 5.11 Å². The summed E-state index contributed by atoms with van der Waals surface area (Å²) >= 11 is 0. The molecular formula is C15H27NO3. The average molecular weight is 269 g/mol. The summed E-state index contributed by atoms with van der Waals surface area (Å²) < 4.78 is 11.7. The van der Waals surface area contributed by atoms with Crippen LogP contribution in [0.1, 0.15) is 51.4 Å². The molecule has 3 aliphatic rings. The normalized spacial score (nSPS) is 39.6. The van der Waals surface area contributed by atoms with Crippen LogP contribution in [0.3, 0.4) is 0 Å². The molecular weight excluding hydrogens is 242 g/mol. The van der Waals surface area contributed by atoms with Gasteiger partial charge in [-0.25, -0.2) is 0 Å². The summed E-state index contributed by atoms with van der Waals surface area (Å²) in [6.07, 6.45) is 9.75. The lowest BCUT2D eigenvalue weighted by molar-refractivity contribution is -0.0544. The zero-order valence-corrected chi connectivity index (χ0v) is 11.8. The predicted molar refractivity (Wildman–Crippen MR) is 73.2 cm³/mol. The Kier molecular flexibility index (Phi) is 4.42. The lowest BCUT2D eigenvalue weighted by Gasteiger charge is -2.40. The minimum absolute atomic E-state index is 0.0827. The lowest BCUT2D eigenvalue weighted by atomic mass is 9.80. The van der Waals surface area contributed by atoms with Gasteiger partial charge in [0.2, 0.25) is 0 Å². The third kappa shape index (κ3) is 3.69. The Morgan fingerprint density at radius 2 is 2.11 bits per heavy atom. The molecule has 2 N–H and O–H groups in total. The first kappa shape index (κ1) is 13.8. The minimum Gasteiger partial charge on any atom is -0.394 e. The van der Waals surface area contributed by atoms with E-state index in [-0.39, 0.29) is 18.2 Å². The maximum absolute atomic E-state index is 9.77. The molecule has 0 amide bonds. The Hall–Kier alpha value is -0.160. The number of rotatable bonds is 6. The molecule has 4 nitrogen and oxygen atoms in total. The molecule has 0 aromatic carbocycles. The number of aliphatic hydroxyl groups excluding tert-OH is 1. The van der Waals surface area contributed by atoms with Crippen LogP contribution in [0.4, 0.5) is 0 Å². The molecule has 3 fully saturated rings. The van der Waals surface area contributed by atoms with Crippen molar-refractivity contribution in [3.8, 4) is 0 Å². The molecule has 1 heterocycles. The van der Waals surface area contributed by atoms with Gasteiger partial charge in [-0.2, -0.15) is 0 Å². The van der Waals surface area contributed by atoms with Gasteiger partial charge in [0.15, 0.2) is 0 Å². The van der Waals surface area contributed by atoms with Crippen molar-refractivity contribution in [3.05, 3.63) is 0 Å². The summed E-state index contributed by atoms with van der Waals surface area (Å²) in [5.41, 5.74) is -0.0827. The van der Waals surface area contributed by atoms with Gasteiger partial charge in [0.1, 0.15) is 0 Å². The molecule has 2 saturated carbocycles. The SMILES string of the molecule is OCC1(NC2CC2)CCCC(OCC2CCCO2)C1. The summed E-state index contributed by atoms with van der Waals surface area (Å²) in [5, 5.41) is 13.4. The predicted octanol–water partition coefficient (Wildman–Crippen LogP) is 1.61. The molecule has 4 heteroatoms. The average Bonchev–Trinajstić information content (AvgIpc) is 3.08. The van der Waals surface area contributed by atoms with Crippen molar-refractivity contribution >= 4 is 0 Å². The van der Waals surface area contributed by atoms with E-state index in [1.165, 1.54) is 19.3 Å². The molecule has 3 atom stereocenters. The molecule has 0 radical (unpaired) electrons. The van der Waals surface area contributed by atoms with E-state index in [2.05, 4.69) is 5.32 Å². The van der Waals surface area contributed by atoms with Crippen LogP contribution < -0.4 is 5.32 Å². The molecule has 3 unspecified atom stereocenters. The third-order valence-corrected chi connectivity index (χ3v) is 4.73. The highest BCUT2D eigenvalue weighted by atomic mass is 16.5. The van der Waals surface area contributed by atoms with Crippen LogP contribution in [0.25, 0.3) is 0 Å². The maximum atomic E-state index is 9.77. The van der Waals surface area contributed by atoms with E-state index >= 15 is 0 Å². The minimum atomic E-state index is -0.0827. The fraction of sp³-hybridized carbons (Fsp3) is 1.00. The van der Waals surface area contributed by atoms with Gasteiger partial charge in [-0.3, -0.25) is 0 Å².